The highest BCUT2D eigenvalue weighted by atomic mass is 79.9. The van der Waals surface area contributed by atoms with E-state index < -0.39 is 5.97 Å². The van der Waals surface area contributed by atoms with Crippen LogP contribution in [0.1, 0.15) is 28.9 Å². The SMILES string of the molecule is CC(c1ccc(Br)cc1)n1cc(C(=O)O)ccc1=O. The third-order valence-corrected chi connectivity index (χ3v) is 3.48. The molecule has 0 aliphatic heterocycles. The van der Waals surface area contributed by atoms with E-state index in [-0.39, 0.29) is 17.2 Å². The van der Waals surface area contributed by atoms with Crippen LogP contribution >= 0.6 is 15.9 Å². The lowest BCUT2D eigenvalue weighted by Gasteiger charge is -2.16. The van der Waals surface area contributed by atoms with Crippen molar-refractivity contribution in [2.75, 3.05) is 0 Å². The van der Waals surface area contributed by atoms with Crippen LogP contribution in [0, 0.1) is 0 Å². The summed E-state index contributed by atoms with van der Waals surface area (Å²) in [5, 5.41) is 8.97. The highest BCUT2D eigenvalue weighted by molar-refractivity contribution is 9.10. The lowest BCUT2D eigenvalue weighted by atomic mass is 10.1. The minimum atomic E-state index is -1.04. The molecule has 0 bridgehead atoms. The highest BCUT2D eigenvalue weighted by Gasteiger charge is 2.12. The zero-order chi connectivity index (χ0) is 14.0. The molecule has 19 heavy (non-hydrogen) atoms. The van der Waals surface area contributed by atoms with Gasteiger partial charge in [-0.25, -0.2) is 4.79 Å². The molecule has 0 radical (unpaired) electrons. The van der Waals surface area contributed by atoms with Gasteiger partial charge in [-0.05, 0) is 30.7 Å². The average molecular weight is 322 g/mol. The van der Waals surface area contributed by atoms with Gasteiger partial charge in [0.05, 0.1) is 11.6 Å². The van der Waals surface area contributed by atoms with E-state index in [1.165, 1.54) is 22.9 Å². The lowest BCUT2D eigenvalue weighted by Crippen LogP contribution is -2.23. The Morgan fingerprint density at radius 3 is 2.42 bits per heavy atom. The van der Waals surface area contributed by atoms with Crippen LogP contribution in [0.25, 0.3) is 0 Å². The number of rotatable bonds is 3. The monoisotopic (exact) mass is 321 g/mol. The van der Waals surface area contributed by atoms with Gasteiger partial charge in [0.2, 0.25) is 0 Å². The summed E-state index contributed by atoms with van der Waals surface area (Å²) in [6.45, 7) is 1.86. The summed E-state index contributed by atoms with van der Waals surface area (Å²) in [5.41, 5.74) is 0.816. The second-order valence-electron chi connectivity index (χ2n) is 4.20. The van der Waals surface area contributed by atoms with E-state index in [2.05, 4.69) is 15.9 Å². The van der Waals surface area contributed by atoms with Crippen molar-refractivity contribution in [3.63, 3.8) is 0 Å². The number of halogens is 1. The number of carboxylic acid groups (broad SMARTS) is 1. The number of hydrogen-bond donors (Lipinski definition) is 1. The molecule has 0 amide bonds. The van der Waals surface area contributed by atoms with E-state index >= 15 is 0 Å². The van der Waals surface area contributed by atoms with Crippen LogP contribution < -0.4 is 5.56 Å². The van der Waals surface area contributed by atoms with Gasteiger partial charge in [0.25, 0.3) is 5.56 Å². The van der Waals surface area contributed by atoms with E-state index in [0.717, 1.165) is 10.0 Å². The maximum absolute atomic E-state index is 11.8. The molecule has 2 rings (SSSR count). The molecular weight excluding hydrogens is 310 g/mol. The van der Waals surface area contributed by atoms with Crippen LogP contribution in [0.2, 0.25) is 0 Å². The first-order valence-corrected chi connectivity index (χ1v) is 6.49. The first-order valence-electron chi connectivity index (χ1n) is 5.70. The van der Waals surface area contributed by atoms with Crippen LogP contribution in [-0.2, 0) is 0 Å². The molecule has 98 valence electrons. The second-order valence-corrected chi connectivity index (χ2v) is 5.11. The van der Waals surface area contributed by atoms with E-state index in [4.69, 9.17) is 5.11 Å². The van der Waals surface area contributed by atoms with E-state index in [9.17, 15) is 9.59 Å². The fourth-order valence-electron chi connectivity index (χ4n) is 1.83. The molecule has 1 heterocycles. The fraction of sp³-hybridized carbons (Fsp3) is 0.143. The molecule has 1 N–H and O–H groups in total. The molecule has 1 atom stereocenters. The molecule has 2 aromatic rings. The van der Waals surface area contributed by atoms with Crippen molar-refractivity contribution in [3.8, 4) is 0 Å². The molecule has 1 unspecified atom stereocenters. The Morgan fingerprint density at radius 2 is 1.84 bits per heavy atom. The number of aromatic nitrogens is 1. The quantitative estimate of drug-likeness (QED) is 0.945. The smallest absolute Gasteiger partial charge is 0.337 e. The number of benzene rings is 1. The predicted octanol–water partition coefficient (Wildman–Crippen LogP) is 2.92. The molecule has 0 saturated heterocycles. The van der Waals surface area contributed by atoms with Gasteiger partial charge in [0.15, 0.2) is 0 Å². The van der Waals surface area contributed by atoms with Crippen molar-refractivity contribution >= 4 is 21.9 Å². The Hall–Kier alpha value is -1.88. The summed E-state index contributed by atoms with van der Waals surface area (Å²) in [6, 6.07) is 9.94. The number of hydrogen-bond acceptors (Lipinski definition) is 2. The second kappa shape index (κ2) is 5.40. The Labute approximate surface area is 118 Å². The summed E-state index contributed by atoms with van der Waals surface area (Å²) in [4.78, 5) is 22.8. The Kier molecular flexibility index (Phi) is 3.85. The van der Waals surface area contributed by atoms with Crippen molar-refractivity contribution < 1.29 is 9.90 Å². The molecule has 1 aromatic carbocycles. The molecular formula is C14H12BrNO3. The predicted molar refractivity (Wildman–Crippen MR) is 75.6 cm³/mol. The van der Waals surface area contributed by atoms with Gasteiger partial charge in [-0.1, -0.05) is 28.1 Å². The van der Waals surface area contributed by atoms with Gasteiger partial charge in [-0.15, -0.1) is 0 Å². The molecule has 1 aromatic heterocycles. The zero-order valence-corrected chi connectivity index (χ0v) is 11.8. The van der Waals surface area contributed by atoms with Crippen molar-refractivity contribution in [1.29, 1.82) is 0 Å². The third kappa shape index (κ3) is 2.93. The average Bonchev–Trinajstić information content (AvgIpc) is 2.39. The normalized spacial score (nSPS) is 12.1. The van der Waals surface area contributed by atoms with Gasteiger partial charge in [0, 0.05) is 16.7 Å². The van der Waals surface area contributed by atoms with Crippen molar-refractivity contribution in [2.24, 2.45) is 0 Å². The Bertz CT molecular complexity index is 661. The first kappa shape index (κ1) is 13.5. The number of carboxylic acids is 1. The Balaban J connectivity index is 2.45. The van der Waals surface area contributed by atoms with E-state index in [1.807, 2.05) is 31.2 Å². The summed E-state index contributed by atoms with van der Waals surface area (Å²) in [5.74, 6) is -1.04. The first-order chi connectivity index (χ1) is 8.99. The lowest BCUT2D eigenvalue weighted by molar-refractivity contribution is 0.0695. The molecule has 0 aliphatic rings. The van der Waals surface area contributed by atoms with Crippen LogP contribution in [-0.4, -0.2) is 15.6 Å². The van der Waals surface area contributed by atoms with Gasteiger partial charge in [-0.3, -0.25) is 4.79 Å². The Morgan fingerprint density at radius 1 is 1.21 bits per heavy atom. The third-order valence-electron chi connectivity index (χ3n) is 2.95. The fourth-order valence-corrected chi connectivity index (χ4v) is 2.10. The van der Waals surface area contributed by atoms with Gasteiger partial charge >= 0.3 is 5.97 Å². The van der Waals surface area contributed by atoms with Gasteiger partial charge in [-0.2, -0.15) is 0 Å². The molecule has 4 nitrogen and oxygen atoms in total. The number of carbonyl (C=O) groups is 1. The van der Waals surface area contributed by atoms with Crippen molar-refractivity contribution in [3.05, 3.63) is 68.5 Å². The minimum absolute atomic E-state index is 0.101. The van der Waals surface area contributed by atoms with Gasteiger partial charge < -0.3 is 9.67 Å². The number of nitrogens with zero attached hydrogens (tertiary/aromatic N) is 1. The van der Waals surface area contributed by atoms with Crippen LogP contribution in [0.4, 0.5) is 0 Å². The largest absolute Gasteiger partial charge is 0.478 e. The maximum Gasteiger partial charge on any atom is 0.337 e. The summed E-state index contributed by atoms with van der Waals surface area (Å²) in [6.07, 6.45) is 1.37. The minimum Gasteiger partial charge on any atom is -0.478 e. The van der Waals surface area contributed by atoms with Crippen LogP contribution in [0.3, 0.4) is 0 Å². The van der Waals surface area contributed by atoms with Crippen molar-refractivity contribution in [1.82, 2.24) is 4.57 Å². The number of aromatic carboxylic acids is 1. The van der Waals surface area contributed by atoms with Crippen LogP contribution in [0.5, 0.6) is 0 Å². The van der Waals surface area contributed by atoms with Crippen molar-refractivity contribution in [2.45, 2.75) is 13.0 Å². The zero-order valence-electron chi connectivity index (χ0n) is 10.2. The van der Waals surface area contributed by atoms with E-state index in [0.29, 0.717) is 0 Å². The van der Waals surface area contributed by atoms with Gasteiger partial charge in [0.1, 0.15) is 0 Å². The molecule has 0 spiro atoms. The summed E-state index contributed by atoms with van der Waals surface area (Å²) in [7, 11) is 0. The maximum atomic E-state index is 11.8. The highest BCUT2D eigenvalue weighted by Crippen LogP contribution is 2.19. The topological polar surface area (TPSA) is 59.3 Å². The number of pyridine rings is 1. The van der Waals surface area contributed by atoms with E-state index in [1.54, 1.807) is 0 Å². The molecule has 5 heteroatoms. The van der Waals surface area contributed by atoms with Crippen LogP contribution in [0.15, 0.2) is 51.9 Å². The molecule has 0 fully saturated rings. The molecule has 0 saturated carbocycles. The standard InChI is InChI=1S/C14H12BrNO3/c1-9(10-2-5-12(15)6-3-10)16-8-11(14(18)19)4-7-13(16)17/h2-9H,1H3,(H,18,19). The molecule has 0 aliphatic carbocycles. The summed E-state index contributed by atoms with van der Waals surface area (Å²) < 4.78 is 2.38. The summed E-state index contributed by atoms with van der Waals surface area (Å²) >= 11 is 3.35.